The monoisotopic (exact) mass is 509 g/mol. The van der Waals surface area contributed by atoms with Crippen LogP contribution in [0.3, 0.4) is 0 Å². The van der Waals surface area contributed by atoms with Crippen molar-refractivity contribution in [3.63, 3.8) is 0 Å². The fraction of sp³-hybridized carbons (Fsp3) is 0.391. The lowest BCUT2D eigenvalue weighted by atomic mass is 9.86. The first-order valence-corrected chi connectivity index (χ1v) is 13.4. The summed E-state index contributed by atoms with van der Waals surface area (Å²) in [6.07, 6.45) is 2.27. The van der Waals surface area contributed by atoms with Gasteiger partial charge in [-0.25, -0.2) is 8.42 Å². The maximum atomic E-state index is 12.9. The van der Waals surface area contributed by atoms with Gasteiger partial charge in [-0.1, -0.05) is 32.9 Å². The molecule has 0 aromatic heterocycles. The van der Waals surface area contributed by atoms with Gasteiger partial charge in [0.05, 0.1) is 12.7 Å². The van der Waals surface area contributed by atoms with E-state index >= 15 is 0 Å². The highest BCUT2D eigenvalue weighted by Crippen LogP contribution is 2.28. The number of rotatable bonds is 8. The van der Waals surface area contributed by atoms with Crippen molar-refractivity contribution in [2.75, 3.05) is 27.0 Å². The zero-order valence-corrected chi connectivity index (χ0v) is 22.2. The molecular formula is C23H31N3O4S3. The summed E-state index contributed by atoms with van der Waals surface area (Å²) in [5.41, 5.74) is 2.17. The van der Waals surface area contributed by atoms with Crippen LogP contribution < -0.4 is 20.1 Å². The molecule has 10 heteroatoms. The van der Waals surface area contributed by atoms with Gasteiger partial charge >= 0.3 is 0 Å². The maximum absolute atomic E-state index is 12.9. The largest absolute Gasteiger partial charge is 0.496 e. The van der Waals surface area contributed by atoms with E-state index in [4.69, 9.17) is 17.0 Å². The second-order valence-corrected chi connectivity index (χ2v) is 11.2. The Hall–Kier alpha value is -2.30. The summed E-state index contributed by atoms with van der Waals surface area (Å²) in [7, 11) is -0.747. The van der Waals surface area contributed by atoms with Gasteiger partial charge in [0.25, 0.3) is 15.9 Å². The van der Waals surface area contributed by atoms with Crippen LogP contribution in [0.5, 0.6) is 5.75 Å². The minimum Gasteiger partial charge on any atom is -0.496 e. The van der Waals surface area contributed by atoms with Crippen molar-refractivity contribution in [3.05, 3.63) is 53.1 Å². The molecule has 0 unspecified atom stereocenters. The summed E-state index contributed by atoms with van der Waals surface area (Å²) in [4.78, 5) is 13.6. The van der Waals surface area contributed by atoms with Gasteiger partial charge in [-0.05, 0) is 65.7 Å². The molecule has 0 saturated carbocycles. The number of thioether (sulfide) groups is 1. The van der Waals surface area contributed by atoms with Crippen molar-refractivity contribution in [2.24, 2.45) is 0 Å². The molecule has 2 aromatic rings. The third-order valence-corrected chi connectivity index (χ3v) is 7.73. The van der Waals surface area contributed by atoms with Crippen LogP contribution in [0.15, 0.2) is 46.2 Å². The number of carbonyl (C=O) groups excluding carboxylic acids is 1. The molecular weight excluding hydrogens is 478 g/mol. The van der Waals surface area contributed by atoms with E-state index in [1.807, 2.05) is 24.5 Å². The average molecular weight is 510 g/mol. The van der Waals surface area contributed by atoms with Gasteiger partial charge in [0.2, 0.25) is 0 Å². The molecule has 180 valence electrons. The summed E-state index contributed by atoms with van der Waals surface area (Å²) >= 11 is 6.28. The van der Waals surface area contributed by atoms with Crippen LogP contribution in [-0.4, -0.2) is 46.4 Å². The number of thiocarbonyl (C=S) groups is 1. The Morgan fingerprint density at radius 3 is 2.42 bits per heavy atom. The Morgan fingerprint density at radius 1 is 1.15 bits per heavy atom. The number of carbonyl (C=O) groups is 1. The minimum atomic E-state index is -3.83. The molecule has 0 aliphatic carbocycles. The molecule has 0 saturated heterocycles. The zero-order valence-electron chi connectivity index (χ0n) is 19.7. The molecule has 0 heterocycles. The zero-order chi connectivity index (χ0) is 24.8. The van der Waals surface area contributed by atoms with Crippen LogP contribution in [0, 0.1) is 0 Å². The van der Waals surface area contributed by atoms with Crippen molar-refractivity contribution in [1.82, 2.24) is 15.4 Å². The Balaban J connectivity index is 2.18. The van der Waals surface area contributed by atoms with E-state index in [2.05, 4.69) is 36.1 Å². The van der Waals surface area contributed by atoms with Crippen LogP contribution in [0.1, 0.15) is 42.3 Å². The van der Waals surface area contributed by atoms with Gasteiger partial charge < -0.3 is 15.4 Å². The number of nitrogens with one attached hydrogen (secondary N) is 3. The third kappa shape index (κ3) is 7.09. The summed E-state index contributed by atoms with van der Waals surface area (Å²) in [5.74, 6) is 0.261. The molecule has 0 bridgehead atoms. The second kappa shape index (κ2) is 11.2. The SMILES string of the molecule is CNC(=S)NS(=O)(=O)c1cc(CCNC(=O)c2cc(C(C)(C)C)ccc2OC)ccc1SC. The molecule has 2 aromatic carbocycles. The highest BCUT2D eigenvalue weighted by atomic mass is 32.2. The van der Waals surface area contributed by atoms with E-state index in [0.29, 0.717) is 29.2 Å². The Bertz CT molecular complexity index is 1130. The van der Waals surface area contributed by atoms with Crippen molar-refractivity contribution >= 4 is 45.0 Å². The number of sulfonamides is 1. The molecule has 2 rings (SSSR count). The third-order valence-electron chi connectivity index (χ3n) is 4.98. The number of benzene rings is 2. The molecule has 0 fully saturated rings. The molecule has 0 aliphatic heterocycles. The predicted molar refractivity (Wildman–Crippen MR) is 138 cm³/mol. The first kappa shape index (κ1) is 26.9. The van der Waals surface area contributed by atoms with E-state index in [9.17, 15) is 13.2 Å². The average Bonchev–Trinajstić information content (AvgIpc) is 2.77. The minimum absolute atomic E-state index is 0.0196. The molecule has 0 aliphatic rings. The van der Waals surface area contributed by atoms with Crippen molar-refractivity contribution in [2.45, 2.75) is 42.4 Å². The van der Waals surface area contributed by atoms with Crippen LogP contribution in [0.2, 0.25) is 0 Å². The first-order chi connectivity index (χ1) is 15.4. The fourth-order valence-electron chi connectivity index (χ4n) is 3.08. The van der Waals surface area contributed by atoms with Crippen molar-refractivity contribution in [1.29, 1.82) is 0 Å². The molecule has 0 spiro atoms. The summed E-state index contributed by atoms with van der Waals surface area (Å²) in [5, 5.41) is 5.53. The van der Waals surface area contributed by atoms with Crippen LogP contribution in [0.4, 0.5) is 0 Å². The van der Waals surface area contributed by atoms with Gasteiger partial charge in [-0.2, -0.15) is 0 Å². The second-order valence-electron chi connectivity index (χ2n) is 8.34. The summed E-state index contributed by atoms with van der Waals surface area (Å²) in [6, 6.07) is 10.8. The molecule has 3 N–H and O–H groups in total. The number of amides is 1. The van der Waals surface area contributed by atoms with E-state index in [1.165, 1.54) is 18.9 Å². The molecule has 33 heavy (non-hydrogen) atoms. The van der Waals surface area contributed by atoms with Crippen molar-refractivity contribution < 1.29 is 17.9 Å². The maximum Gasteiger partial charge on any atom is 0.264 e. The van der Waals surface area contributed by atoms with Gasteiger partial charge in [-0.3, -0.25) is 9.52 Å². The number of hydrogen-bond donors (Lipinski definition) is 3. The lowest BCUT2D eigenvalue weighted by Crippen LogP contribution is -2.37. The molecule has 0 atom stereocenters. The lowest BCUT2D eigenvalue weighted by Gasteiger charge is -2.21. The molecule has 1 amide bonds. The molecule has 0 radical (unpaired) electrons. The van der Waals surface area contributed by atoms with Crippen LogP contribution >= 0.6 is 24.0 Å². The Labute approximate surface area is 206 Å². The van der Waals surface area contributed by atoms with E-state index < -0.39 is 10.0 Å². The lowest BCUT2D eigenvalue weighted by molar-refractivity contribution is 0.0951. The summed E-state index contributed by atoms with van der Waals surface area (Å²) in [6.45, 7) is 6.58. The van der Waals surface area contributed by atoms with Crippen LogP contribution in [0.25, 0.3) is 0 Å². The number of methoxy groups -OCH3 is 1. The van der Waals surface area contributed by atoms with Gasteiger partial charge in [-0.15, -0.1) is 11.8 Å². The Kier molecular flexibility index (Phi) is 9.16. The normalized spacial score (nSPS) is 11.6. The van der Waals surface area contributed by atoms with Gasteiger partial charge in [0.15, 0.2) is 5.11 Å². The quantitative estimate of drug-likeness (QED) is 0.370. The Morgan fingerprint density at radius 2 is 1.85 bits per heavy atom. The highest BCUT2D eigenvalue weighted by Gasteiger charge is 2.21. The topological polar surface area (TPSA) is 96.5 Å². The van der Waals surface area contributed by atoms with Gasteiger partial charge in [0.1, 0.15) is 10.6 Å². The van der Waals surface area contributed by atoms with E-state index in [0.717, 1.165) is 11.1 Å². The van der Waals surface area contributed by atoms with Crippen LogP contribution in [-0.2, 0) is 21.9 Å². The predicted octanol–water partition coefficient (Wildman–Crippen LogP) is 3.47. The number of ether oxygens (including phenoxy) is 1. The fourth-order valence-corrected chi connectivity index (χ4v) is 5.55. The smallest absolute Gasteiger partial charge is 0.264 e. The first-order valence-electron chi connectivity index (χ1n) is 10.3. The summed E-state index contributed by atoms with van der Waals surface area (Å²) < 4.78 is 33.2. The highest BCUT2D eigenvalue weighted by molar-refractivity contribution is 7.99. The van der Waals surface area contributed by atoms with E-state index in [-0.39, 0.29) is 21.3 Å². The molecule has 7 nitrogen and oxygen atoms in total. The van der Waals surface area contributed by atoms with E-state index in [1.54, 1.807) is 25.2 Å². The standard InChI is InChI=1S/C23H31N3O4S3/c1-23(2,3)16-8-9-18(30-5)17(14-16)21(27)25-12-11-15-7-10-19(32-6)20(13-15)33(28,29)26-22(31)24-4/h7-10,13-14H,11-12H2,1-6H3,(H,25,27)(H2,24,26,31). The van der Waals surface area contributed by atoms with Crippen molar-refractivity contribution in [3.8, 4) is 5.75 Å². The van der Waals surface area contributed by atoms with Gasteiger partial charge in [0, 0.05) is 18.5 Å². The number of hydrogen-bond acceptors (Lipinski definition) is 6.